The largest absolute Gasteiger partial charge is 0.496 e. The fourth-order valence-electron chi connectivity index (χ4n) is 1.74. The molecule has 1 rings (SSSR count). The number of nitrogens with one attached hydrogen (secondary N) is 2. The van der Waals surface area contributed by atoms with E-state index in [1.165, 1.54) is 5.56 Å². The van der Waals surface area contributed by atoms with Gasteiger partial charge in [-0.3, -0.25) is 0 Å². The summed E-state index contributed by atoms with van der Waals surface area (Å²) in [4.78, 5) is 0. The first-order valence-corrected chi connectivity index (χ1v) is 6.06. The summed E-state index contributed by atoms with van der Waals surface area (Å²) in [6.07, 6.45) is 0. The van der Waals surface area contributed by atoms with Gasteiger partial charge in [-0.05, 0) is 30.7 Å². The third-order valence-corrected chi connectivity index (χ3v) is 2.71. The van der Waals surface area contributed by atoms with E-state index in [-0.39, 0.29) is 5.41 Å². The van der Waals surface area contributed by atoms with Gasteiger partial charge in [0.15, 0.2) is 0 Å². The third-order valence-electron chi connectivity index (χ3n) is 2.71. The normalized spacial score (nSPS) is 11.4. The van der Waals surface area contributed by atoms with Crippen molar-refractivity contribution in [1.29, 1.82) is 0 Å². The molecule has 0 amide bonds. The number of benzene rings is 1. The molecule has 0 aliphatic heterocycles. The Bertz CT molecular complexity index is 356. The van der Waals surface area contributed by atoms with Gasteiger partial charge in [-0.2, -0.15) is 0 Å². The molecule has 0 spiro atoms. The predicted octanol–water partition coefficient (Wildman–Crippen LogP) is 2.62. The highest BCUT2D eigenvalue weighted by molar-refractivity contribution is 5.53. The molecule has 0 unspecified atom stereocenters. The quantitative estimate of drug-likeness (QED) is 0.771. The molecule has 0 aliphatic carbocycles. The Morgan fingerprint density at radius 1 is 1.18 bits per heavy atom. The second kappa shape index (κ2) is 5.92. The average Bonchev–Trinajstić information content (AvgIpc) is 2.28. The van der Waals surface area contributed by atoms with E-state index in [9.17, 15) is 0 Å². The molecule has 0 saturated heterocycles. The lowest BCUT2D eigenvalue weighted by Crippen LogP contribution is -2.18. The zero-order chi connectivity index (χ0) is 12.9. The lowest BCUT2D eigenvalue weighted by atomic mass is 9.86. The van der Waals surface area contributed by atoms with E-state index in [1.807, 2.05) is 13.1 Å². The molecule has 1 aromatic carbocycles. The van der Waals surface area contributed by atoms with Gasteiger partial charge in [-0.1, -0.05) is 20.8 Å². The molecule has 0 atom stereocenters. The highest BCUT2D eigenvalue weighted by atomic mass is 16.5. The number of likely N-dealkylation sites (N-methyl/N-ethyl adjacent to an activating group) is 1. The maximum absolute atomic E-state index is 5.41. The van der Waals surface area contributed by atoms with Crippen molar-refractivity contribution in [1.82, 2.24) is 5.32 Å². The van der Waals surface area contributed by atoms with Crippen molar-refractivity contribution in [3.8, 4) is 5.75 Å². The molecule has 3 heteroatoms. The van der Waals surface area contributed by atoms with Gasteiger partial charge < -0.3 is 15.4 Å². The summed E-state index contributed by atoms with van der Waals surface area (Å²) in [6.45, 7) is 8.47. The molecule has 1 aromatic rings. The Balaban J connectivity index is 2.89. The van der Waals surface area contributed by atoms with Crippen LogP contribution in [0.15, 0.2) is 18.2 Å². The second-order valence-corrected chi connectivity index (χ2v) is 5.20. The third kappa shape index (κ3) is 3.93. The average molecular weight is 236 g/mol. The summed E-state index contributed by atoms with van der Waals surface area (Å²) in [5, 5.41) is 6.51. The summed E-state index contributed by atoms with van der Waals surface area (Å²) in [5.41, 5.74) is 2.46. The molecule has 3 nitrogen and oxygen atoms in total. The fraction of sp³-hybridized carbons (Fsp3) is 0.571. The first-order valence-electron chi connectivity index (χ1n) is 6.06. The van der Waals surface area contributed by atoms with Crippen LogP contribution >= 0.6 is 0 Å². The minimum atomic E-state index is 0.0893. The van der Waals surface area contributed by atoms with Crippen LogP contribution in [0.4, 0.5) is 5.69 Å². The van der Waals surface area contributed by atoms with Crippen LogP contribution in [0.2, 0.25) is 0 Å². The van der Waals surface area contributed by atoms with Gasteiger partial charge in [0.1, 0.15) is 5.75 Å². The Labute approximate surface area is 105 Å². The zero-order valence-corrected chi connectivity index (χ0v) is 11.6. The summed E-state index contributed by atoms with van der Waals surface area (Å²) in [5.74, 6) is 0.955. The van der Waals surface area contributed by atoms with Gasteiger partial charge >= 0.3 is 0 Å². The smallest absolute Gasteiger partial charge is 0.122 e. The maximum atomic E-state index is 5.41. The Morgan fingerprint density at radius 3 is 2.41 bits per heavy atom. The summed E-state index contributed by atoms with van der Waals surface area (Å²) in [7, 11) is 3.68. The molecule has 0 fully saturated rings. The Kier molecular flexibility index (Phi) is 4.82. The van der Waals surface area contributed by atoms with Gasteiger partial charge in [-0.25, -0.2) is 0 Å². The minimum Gasteiger partial charge on any atom is -0.496 e. The van der Waals surface area contributed by atoms with E-state index < -0.39 is 0 Å². The molecule has 96 valence electrons. The van der Waals surface area contributed by atoms with Gasteiger partial charge in [0.05, 0.1) is 7.11 Å². The number of hydrogen-bond acceptors (Lipinski definition) is 3. The molecule has 0 saturated carbocycles. The van der Waals surface area contributed by atoms with E-state index in [4.69, 9.17) is 4.74 Å². The van der Waals surface area contributed by atoms with Crippen LogP contribution in [0.5, 0.6) is 5.75 Å². The van der Waals surface area contributed by atoms with Crippen LogP contribution < -0.4 is 15.4 Å². The SMILES string of the molecule is CNCCNc1ccc(OC)c(C(C)(C)C)c1. The van der Waals surface area contributed by atoms with Gasteiger partial charge in [0.2, 0.25) is 0 Å². The molecular formula is C14H24N2O. The molecule has 0 heterocycles. The van der Waals surface area contributed by atoms with Gasteiger partial charge in [-0.15, -0.1) is 0 Å². The topological polar surface area (TPSA) is 33.3 Å². The number of anilines is 1. The van der Waals surface area contributed by atoms with Crippen LogP contribution in [0.3, 0.4) is 0 Å². The van der Waals surface area contributed by atoms with Crippen molar-refractivity contribution >= 4 is 5.69 Å². The lowest BCUT2D eigenvalue weighted by Gasteiger charge is -2.23. The van der Waals surface area contributed by atoms with E-state index in [0.717, 1.165) is 24.5 Å². The van der Waals surface area contributed by atoms with Crippen molar-refractivity contribution in [2.24, 2.45) is 0 Å². The van der Waals surface area contributed by atoms with Crippen LogP contribution in [-0.2, 0) is 5.41 Å². The Morgan fingerprint density at radius 2 is 1.88 bits per heavy atom. The van der Waals surface area contributed by atoms with Crippen molar-refractivity contribution in [2.45, 2.75) is 26.2 Å². The zero-order valence-electron chi connectivity index (χ0n) is 11.6. The van der Waals surface area contributed by atoms with Crippen LogP contribution in [-0.4, -0.2) is 27.2 Å². The fourth-order valence-corrected chi connectivity index (χ4v) is 1.74. The second-order valence-electron chi connectivity index (χ2n) is 5.20. The van der Waals surface area contributed by atoms with Crippen LogP contribution in [0.1, 0.15) is 26.3 Å². The summed E-state index contributed by atoms with van der Waals surface area (Å²) in [6, 6.07) is 6.26. The Hall–Kier alpha value is -1.22. The molecule has 0 aromatic heterocycles. The summed E-state index contributed by atoms with van der Waals surface area (Å²) < 4.78 is 5.41. The van der Waals surface area contributed by atoms with E-state index in [0.29, 0.717) is 0 Å². The molecule has 2 N–H and O–H groups in total. The number of rotatable bonds is 5. The van der Waals surface area contributed by atoms with Crippen molar-refractivity contribution in [3.63, 3.8) is 0 Å². The summed E-state index contributed by atoms with van der Waals surface area (Å²) >= 11 is 0. The monoisotopic (exact) mass is 236 g/mol. The molecule has 0 bridgehead atoms. The highest BCUT2D eigenvalue weighted by Crippen LogP contribution is 2.33. The number of hydrogen-bond donors (Lipinski definition) is 2. The minimum absolute atomic E-state index is 0.0893. The van der Waals surface area contributed by atoms with E-state index in [2.05, 4.69) is 43.5 Å². The highest BCUT2D eigenvalue weighted by Gasteiger charge is 2.19. The first-order chi connectivity index (χ1) is 7.99. The van der Waals surface area contributed by atoms with E-state index >= 15 is 0 Å². The maximum Gasteiger partial charge on any atom is 0.122 e. The lowest BCUT2D eigenvalue weighted by molar-refractivity contribution is 0.397. The molecular weight excluding hydrogens is 212 g/mol. The molecule has 0 aliphatic rings. The van der Waals surface area contributed by atoms with Crippen molar-refractivity contribution < 1.29 is 4.74 Å². The number of methoxy groups -OCH3 is 1. The molecule has 0 radical (unpaired) electrons. The first kappa shape index (κ1) is 13.8. The standard InChI is InChI=1S/C14H24N2O/c1-14(2,3)12-10-11(16-9-8-15-4)6-7-13(12)17-5/h6-7,10,15-16H,8-9H2,1-5H3. The predicted molar refractivity (Wildman–Crippen MR) is 74.1 cm³/mol. The van der Waals surface area contributed by atoms with Crippen LogP contribution in [0.25, 0.3) is 0 Å². The van der Waals surface area contributed by atoms with Gasteiger partial charge in [0, 0.05) is 24.3 Å². The molecule has 17 heavy (non-hydrogen) atoms. The number of ether oxygens (including phenoxy) is 1. The van der Waals surface area contributed by atoms with Crippen molar-refractivity contribution in [3.05, 3.63) is 23.8 Å². The van der Waals surface area contributed by atoms with E-state index in [1.54, 1.807) is 7.11 Å². The van der Waals surface area contributed by atoms with Crippen LogP contribution in [0, 0.1) is 0 Å². The van der Waals surface area contributed by atoms with Crippen molar-refractivity contribution in [2.75, 3.05) is 32.6 Å². The van der Waals surface area contributed by atoms with Gasteiger partial charge in [0.25, 0.3) is 0 Å².